The van der Waals surface area contributed by atoms with Gasteiger partial charge in [-0.05, 0) is 48.1 Å². The van der Waals surface area contributed by atoms with Gasteiger partial charge in [0, 0.05) is 51.4 Å². The third-order valence-corrected chi connectivity index (χ3v) is 8.28. The second-order valence-electron chi connectivity index (χ2n) is 10.5. The molecule has 1 spiro atoms. The summed E-state index contributed by atoms with van der Waals surface area (Å²) >= 11 is 0. The van der Waals surface area contributed by atoms with Gasteiger partial charge in [0.05, 0.1) is 24.3 Å². The molecule has 6 nitrogen and oxygen atoms in total. The maximum Gasteiger partial charge on any atom is 0.337 e. The standard InChI is InChI=1S/C27H33N3O3/c1-33-26(32)22-8-4-5-19(9-22)13-28-14-24-12-25(31)15-30(24)27(16-28)17-29(18-27)23-10-20-6-2-3-7-21(20)11-23/h2-9,23-25,31H,10-18H2,1H3. The monoisotopic (exact) mass is 447 g/mol. The van der Waals surface area contributed by atoms with Crippen LogP contribution in [0.15, 0.2) is 48.5 Å². The molecule has 0 saturated carbocycles. The van der Waals surface area contributed by atoms with Crippen molar-refractivity contribution < 1.29 is 14.6 Å². The normalized spacial score (nSPS) is 27.3. The van der Waals surface area contributed by atoms with Gasteiger partial charge in [0.1, 0.15) is 0 Å². The largest absolute Gasteiger partial charge is 0.465 e. The highest BCUT2D eigenvalue weighted by Gasteiger charge is 2.57. The molecule has 3 fully saturated rings. The van der Waals surface area contributed by atoms with Crippen molar-refractivity contribution in [2.75, 3.05) is 39.8 Å². The first-order valence-corrected chi connectivity index (χ1v) is 12.2. The highest BCUT2D eigenvalue weighted by atomic mass is 16.5. The van der Waals surface area contributed by atoms with Gasteiger partial charge in [-0.15, -0.1) is 0 Å². The molecule has 4 aliphatic rings. The highest BCUT2D eigenvalue weighted by Crippen LogP contribution is 2.41. The zero-order chi connectivity index (χ0) is 22.6. The number of fused-ring (bicyclic) bond motifs is 3. The number of piperazine rings is 1. The van der Waals surface area contributed by atoms with Gasteiger partial charge < -0.3 is 9.84 Å². The van der Waals surface area contributed by atoms with E-state index in [0.29, 0.717) is 17.6 Å². The molecule has 33 heavy (non-hydrogen) atoms. The number of likely N-dealkylation sites (tertiary alicyclic amines) is 1. The van der Waals surface area contributed by atoms with Gasteiger partial charge in [0.2, 0.25) is 0 Å². The minimum atomic E-state index is -0.288. The number of ether oxygens (including phenoxy) is 1. The number of hydrogen-bond donors (Lipinski definition) is 1. The van der Waals surface area contributed by atoms with Crippen LogP contribution in [0.2, 0.25) is 0 Å². The van der Waals surface area contributed by atoms with E-state index in [1.807, 2.05) is 18.2 Å². The van der Waals surface area contributed by atoms with Gasteiger partial charge in [0.15, 0.2) is 0 Å². The van der Waals surface area contributed by atoms with E-state index in [1.165, 1.54) is 18.2 Å². The molecule has 0 aromatic heterocycles. The lowest BCUT2D eigenvalue weighted by Gasteiger charge is -2.62. The number of esters is 1. The number of benzene rings is 2. The van der Waals surface area contributed by atoms with Crippen molar-refractivity contribution in [2.45, 2.75) is 49.5 Å². The molecule has 6 heteroatoms. The molecule has 174 valence electrons. The zero-order valence-corrected chi connectivity index (χ0v) is 19.3. The summed E-state index contributed by atoms with van der Waals surface area (Å²) in [5.41, 5.74) is 4.88. The van der Waals surface area contributed by atoms with Crippen LogP contribution >= 0.6 is 0 Å². The number of rotatable bonds is 4. The van der Waals surface area contributed by atoms with Crippen LogP contribution in [0.4, 0.5) is 0 Å². The molecule has 0 radical (unpaired) electrons. The van der Waals surface area contributed by atoms with E-state index in [4.69, 9.17) is 4.74 Å². The zero-order valence-electron chi connectivity index (χ0n) is 19.3. The lowest BCUT2D eigenvalue weighted by Crippen LogP contribution is -2.79. The van der Waals surface area contributed by atoms with Crippen LogP contribution in [0.3, 0.4) is 0 Å². The summed E-state index contributed by atoms with van der Waals surface area (Å²) in [4.78, 5) is 19.8. The Hall–Kier alpha value is -2.25. The fourth-order valence-electron chi connectivity index (χ4n) is 6.85. The molecule has 2 unspecified atom stereocenters. The Bertz CT molecular complexity index is 1030. The van der Waals surface area contributed by atoms with Gasteiger partial charge in [0.25, 0.3) is 0 Å². The number of methoxy groups -OCH3 is 1. The summed E-state index contributed by atoms with van der Waals surface area (Å²) in [5, 5.41) is 10.5. The Kier molecular flexibility index (Phi) is 5.29. The van der Waals surface area contributed by atoms with Gasteiger partial charge in [-0.25, -0.2) is 4.79 Å². The average Bonchev–Trinajstić information content (AvgIpc) is 3.39. The molecule has 3 heterocycles. The molecule has 2 atom stereocenters. The molecule has 3 aliphatic heterocycles. The van der Waals surface area contributed by atoms with Crippen molar-refractivity contribution in [3.8, 4) is 0 Å². The lowest BCUT2D eigenvalue weighted by molar-refractivity contribution is -0.127. The van der Waals surface area contributed by atoms with Gasteiger partial charge >= 0.3 is 5.97 Å². The topological polar surface area (TPSA) is 56.2 Å². The van der Waals surface area contributed by atoms with Crippen molar-refractivity contribution in [1.29, 1.82) is 0 Å². The Balaban J connectivity index is 1.17. The molecule has 0 amide bonds. The third kappa shape index (κ3) is 3.79. The van der Waals surface area contributed by atoms with E-state index >= 15 is 0 Å². The molecule has 2 aromatic carbocycles. The fraction of sp³-hybridized carbons (Fsp3) is 0.519. The Morgan fingerprint density at radius 2 is 1.79 bits per heavy atom. The summed E-state index contributed by atoms with van der Waals surface area (Å²) in [6, 6.07) is 17.7. The van der Waals surface area contributed by atoms with Crippen LogP contribution in [-0.2, 0) is 24.1 Å². The molecule has 1 aliphatic carbocycles. The van der Waals surface area contributed by atoms with E-state index in [1.54, 1.807) is 0 Å². The maximum absolute atomic E-state index is 12.0. The first kappa shape index (κ1) is 21.3. The molecule has 1 N–H and O–H groups in total. The van der Waals surface area contributed by atoms with Crippen LogP contribution in [-0.4, -0.2) is 89.3 Å². The quantitative estimate of drug-likeness (QED) is 0.723. The van der Waals surface area contributed by atoms with Crippen LogP contribution in [0, 0.1) is 0 Å². The number of carbonyl (C=O) groups excluding carboxylic acids is 1. The fourth-order valence-corrected chi connectivity index (χ4v) is 6.85. The van der Waals surface area contributed by atoms with Crippen LogP contribution in [0.5, 0.6) is 0 Å². The first-order chi connectivity index (χ1) is 16.0. The Labute approximate surface area is 195 Å². The SMILES string of the molecule is COC(=O)c1cccc(CN2CC3CC(O)CN3C3(C2)CN(C2Cc4ccccc4C2)C3)c1. The van der Waals surface area contributed by atoms with E-state index in [2.05, 4.69) is 45.0 Å². The number of aliphatic hydroxyl groups excluding tert-OH is 1. The molecular formula is C27H33N3O3. The predicted molar refractivity (Wildman–Crippen MR) is 126 cm³/mol. The first-order valence-electron chi connectivity index (χ1n) is 12.2. The summed E-state index contributed by atoms with van der Waals surface area (Å²) in [6.07, 6.45) is 2.94. The highest BCUT2D eigenvalue weighted by molar-refractivity contribution is 5.89. The molecule has 6 rings (SSSR count). The molecular weight excluding hydrogens is 414 g/mol. The van der Waals surface area contributed by atoms with Crippen LogP contribution in [0.25, 0.3) is 0 Å². The number of hydrogen-bond acceptors (Lipinski definition) is 6. The number of carbonyl (C=O) groups is 1. The lowest BCUT2D eigenvalue weighted by atomic mass is 9.82. The van der Waals surface area contributed by atoms with Crippen LogP contribution in [0.1, 0.15) is 33.5 Å². The average molecular weight is 448 g/mol. The van der Waals surface area contributed by atoms with E-state index < -0.39 is 0 Å². The minimum Gasteiger partial charge on any atom is -0.465 e. The predicted octanol–water partition coefficient (Wildman–Crippen LogP) is 1.95. The number of nitrogens with zero attached hydrogens (tertiary/aromatic N) is 3. The number of β-amino-alcohol motifs (C(OH)–C–C–N with tert-alkyl or cyclic N) is 1. The molecule has 0 bridgehead atoms. The second kappa shape index (κ2) is 8.20. The summed E-state index contributed by atoms with van der Waals surface area (Å²) in [5.74, 6) is -0.288. The summed E-state index contributed by atoms with van der Waals surface area (Å²) < 4.78 is 4.90. The van der Waals surface area contributed by atoms with Gasteiger partial charge in [-0.2, -0.15) is 0 Å². The maximum atomic E-state index is 12.0. The minimum absolute atomic E-state index is 0.120. The van der Waals surface area contributed by atoms with E-state index in [0.717, 1.165) is 64.1 Å². The molecule has 2 aromatic rings. The Morgan fingerprint density at radius 3 is 2.52 bits per heavy atom. The summed E-state index contributed by atoms with van der Waals surface area (Å²) in [6.45, 7) is 5.75. The third-order valence-electron chi connectivity index (χ3n) is 8.28. The van der Waals surface area contributed by atoms with Gasteiger partial charge in [-0.1, -0.05) is 36.4 Å². The van der Waals surface area contributed by atoms with Gasteiger partial charge in [-0.3, -0.25) is 14.7 Å². The molecule has 3 saturated heterocycles. The second-order valence-corrected chi connectivity index (χ2v) is 10.5. The van der Waals surface area contributed by atoms with Crippen molar-refractivity contribution in [1.82, 2.24) is 14.7 Å². The Morgan fingerprint density at radius 1 is 1.03 bits per heavy atom. The van der Waals surface area contributed by atoms with Crippen molar-refractivity contribution in [3.63, 3.8) is 0 Å². The van der Waals surface area contributed by atoms with E-state index in [-0.39, 0.29) is 17.6 Å². The number of aliphatic hydroxyl groups is 1. The summed E-state index contributed by atoms with van der Waals surface area (Å²) in [7, 11) is 1.43. The van der Waals surface area contributed by atoms with E-state index in [9.17, 15) is 9.90 Å². The van der Waals surface area contributed by atoms with Crippen LogP contribution < -0.4 is 0 Å². The smallest absolute Gasteiger partial charge is 0.337 e. The van der Waals surface area contributed by atoms with Crippen molar-refractivity contribution in [3.05, 3.63) is 70.8 Å². The van der Waals surface area contributed by atoms with Crippen molar-refractivity contribution >= 4 is 5.97 Å². The van der Waals surface area contributed by atoms with Crippen molar-refractivity contribution in [2.24, 2.45) is 0 Å².